The molecule has 4 amide bonds. The average Bonchev–Trinajstić information content (AvgIpc) is 4.07. The van der Waals surface area contributed by atoms with E-state index in [1.165, 1.54) is 12.0 Å². The van der Waals surface area contributed by atoms with Crippen LogP contribution in [0.2, 0.25) is 0 Å². The number of hydrogen-bond donors (Lipinski definition) is 3. The van der Waals surface area contributed by atoms with Crippen LogP contribution in [0.4, 0.5) is 13.2 Å². The van der Waals surface area contributed by atoms with Crippen LogP contribution in [0.5, 0.6) is 17.4 Å². The second-order valence-corrected chi connectivity index (χ2v) is 18.4. The summed E-state index contributed by atoms with van der Waals surface area (Å²) in [6, 6.07) is 3.78. The summed E-state index contributed by atoms with van der Waals surface area (Å²) in [4.78, 5) is 62.6. The molecule has 2 aliphatic heterocycles. The van der Waals surface area contributed by atoms with Crippen molar-refractivity contribution in [1.82, 2.24) is 35.0 Å². The minimum absolute atomic E-state index is 0.0714. The summed E-state index contributed by atoms with van der Waals surface area (Å²) in [6.45, 7) is 3.96. The first-order valence-electron chi connectivity index (χ1n) is 20.5. The van der Waals surface area contributed by atoms with Gasteiger partial charge >= 0.3 is 6.18 Å². The van der Waals surface area contributed by atoms with Gasteiger partial charge in [-0.25, -0.2) is 13.4 Å². The van der Waals surface area contributed by atoms with E-state index in [9.17, 15) is 40.8 Å². The molecule has 61 heavy (non-hydrogen) atoms. The topological polar surface area (TPSA) is 200 Å². The molecule has 3 N–H and O–H groups in total. The van der Waals surface area contributed by atoms with Gasteiger partial charge in [-0.3, -0.25) is 28.6 Å². The third kappa shape index (κ3) is 9.89. The highest BCUT2D eigenvalue weighted by Gasteiger charge is 2.62. The van der Waals surface area contributed by atoms with E-state index >= 15 is 0 Å². The second kappa shape index (κ2) is 17.2. The molecule has 0 spiro atoms. The summed E-state index contributed by atoms with van der Waals surface area (Å²) in [6.07, 6.45) is 2.45. The van der Waals surface area contributed by atoms with E-state index in [2.05, 4.69) is 20.5 Å². The van der Waals surface area contributed by atoms with Crippen molar-refractivity contribution >= 4 is 44.6 Å². The number of allylic oxidation sites excluding steroid dienone is 1. The highest BCUT2D eigenvalue weighted by atomic mass is 32.2. The number of halogens is 3. The van der Waals surface area contributed by atoms with Gasteiger partial charge in [-0.05, 0) is 77.5 Å². The van der Waals surface area contributed by atoms with Gasteiger partial charge in [-0.2, -0.15) is 18.3 Å². The number of rotatable bonds is 11. The lowest BCUT2D eigenvalue weighted by Gasteiger charge is -2.29. The van der Waals surface area contributed by atoms with Crippen LogP contribution in [-0.4, -0.2) is 107 Å². The number of ether oxygens (including phenoxy) is 3. The minimum atomic E-state index is -4.58. The smallest absolute Gasteiger partial charge is 0.408 e. The summed E-state index contributed by atoms with van der Waals surface area (Å²) in [5, 5.41) is 9.16. The number of amides is 4. The number of aromatic nitrogens is 3. The first-order chi connectivity index (χ1) is 28.9. The molecular formula is C41H50F3N7O9S. The third-order valence-corrected chi connectivity index (χ3v) is 13.2. The van der Waals surface area contributed by atoms with Crippen molar-refractivity contribution in [2.24, 2.45) is 5.92 Å². The van der Waals surface area contributed by atoms with Crippen molar-refractivity contribution in [2.45, 2.75) is 126 Å². The van der Waals surface area contributed by atoms with Crippen molar-refractivity contribution in [2.75, 3.05) is 13.7 Å². The van der Waals surface area contributed by atoms with Crippen LogP contribution in [0.3, 0.4) is 0 Å². The Morgan fingerprint density at radius 3 is 2.56 bits per heavy atom. The van der Waals surface area contributed by atoms with Crippen molar-refractivity contribution in [3.05, 3.63) is 53.9 Å². The number of sulfonamides is 1. The van der Waals surface area contributed by atoms with Gasteiger partial charge in [0, 0.05) is 35.6 Å². The summed E-state index contributed by atoms with van der Waals surface area (Å²) in [5.41, 5.74) is -0.682. The predicted molar refractivity (Wildman–Crippen MR) is 214 cm³/mol. The quantitative estimate of drug-likeness (QED) is 0.233. The van der Waals surface area contributed by atoms with Crippen LogP contribution in [0.1, 0.15) is 87.7 Å². The molecule has 5 unspecified atom stereocenters. The van der Waals surface area contributed by atoms with Gasteiger partial charge in [0.05, 0.1) is 30.5 Å². The first-order valence-corrected chi connectivity index (χ1v) is 22.0. The van der Waals surface area contributed by atoms with E-state index < -0.39 is 81.3 Å². The maximum absolute atomic E-state index is 14.7. The largest absolute Gasteiger partial charge is 0.496 e. The lowest BCUT2D eigenvalue weighted by Crippen LogP contribution is -2.58. The zero-order valence-electron chi connectivity index (χ0n) is 34.3. The Bertz CT molecular complexity index is 2330. The fourth-order valence-electron chi connectivity index (χ4n) is 7.99. The van der Waals surface area contributed by atoms with Crippen LogP contribution in [0.15, 0.2) is 42.6 Å². The number of nitrogens with zero attached hydrogens (tertiary/aromatic N) is 4. The number of alkyl halides is 3. The van der Waals surface area contributed by atoms with Gasteiger partial charge < -0.3 is 29.7 Å². The summed E-state index contributed by atoms with van der Waals surface area (Å²) < 4.78 is 85.9. The first kappa shape index (κ1) is 43.7. The molecule has 0 bridgehead atoms. The molecule has 4 aliphatic rings. The maximum Gasteiger partial charge on any atom is 0.408 e. The van der Waals surface area contributed by atoms with Crippen molar-refractivity contribution in [1.29, 1.82) is 0 Å². The Labute approximate surface area is 351 Å². The van der Waals surface area contributed by atoms with Gasteiger partial charge in [0.25, 0.3) is 11.8 Å². The van der Waals surface area contributed by atoms with Gasteiger partial charge in [0.2, 0.25) is 27.7 Å². The lowest BCUT2D eigenvalue weighted by atomic mass is 10.0. The van der Waals surface area contributed by atoms with Crippen LogP contribution in [0, 0.1) is 12.8 Å². The van der Waals surface area contributed by atoms with E-state index in [0.717, 1.165) is 17.8 Å². The Kier molecular flexibility index (Phi) is 12.3. The number of nitrogens with one attached hydrogen (secondary N) is 3. The molecule has 330 valence electrons. The summed E-state index contributed by atoms with van der Waals surface area (Å²) >= 11 is 0. The molecule has 3 aromatic rings. The van der Waals surface area contributed by atoms with Gasteiger partial charge in [0.1, 0.15) is 47.5 Å². The molecule has 2 aromatic heterocycles. The van der Waals surface area contributed by atoms with Crippen molar-refractivity contribution < 1.29 is 55.0 Å². The number of hydrogen-bond acceptors (Lipinski definition) is 11. The van der Waals surface area contributed by atoms with Gasteiger partial charge in [-0.1, -0.05) is 25.0 Å². The molecule has 0 radical (unpaired) electrons. The standard InChI is InChI=1S/C41H50F3N7O9S/c1-23(2)59-34-19-33(28-14-15-32(58-4)24(3)35(28)46-34)60-26-18-31-37(53)47-40(39(55)49-61(56,57)27-12-13-27)20-25(40)10-8-6-5-7-9-11-30(38(54)51(31)21-26)45-36(52)29-16-17-50(48-29)22-41(42,43)44/h8,10,14-17,19,23,25-27,30-31H,5-7,9,11-13,18,20-22H2,1-4H3,(H,45,52)(H,47,53)(H,49,55)/b10-8-. The second-order valence-electron chi connectivity index (χ2n) is 16.4. The highest BCUT2D eigenvalue weighted by molar-refractivity contribution is 7.91. The minimum Gasteiger partial charge on any atom is -0.496 e. The van der Waals surface area contributed by atoms with E-state index in [0.29, 0.717) is 65.6 Å². The molecule has 1 aromatic carbocycles. The van der Waals surface area contributed by atoms with E-state index in [4.69, 9.17) is 19.2 Å². The lowest BCUT2D eigenvalue weighted by molar-refractivity contribution is -0.142. The maximum atomic E-state index is 14.7. The number of fused-ring (bicyclic) bond motifs is 3. The number of carbonyl (C=O) groups excluding carboxylic acids is 4. The monoisotopic (exact) mass is 873 g/mol. The molecule has 3 fully saturated rings. The molecule has 5 atom stereocenters. The number of pyridine rings is 1. The predicted octanol–water partition coefficient (Wildman–Crippen LogP) is 4.25. The highest BCUT2D eigenvalue weighted by Crippen LogP contribution is 2.46. The molecule has 2 saturated carbocycles. The summed E-state index contributed by atoms with van der Waals surface area (Å²) in [5.74, 6) is -2.46. The molecule has 20 heteroatoms. The number of carbonyl (C=O) groups is 4. The number of aryl methyl sites for hydroxylation is 1. The zero-order valence-corrected chi connectivity index (χ0v) is 35.1. The molecule has 7 rings (SSSR count). The van der Waals surface area contributed by atoms with Crippen LogP contribution < -0.4 is 29.6 Å². The Morgan fingerprint density at radius 2 is 1.85 bits per heavy atom. The van der Waals surface area contributed by atoms with Crippen LogP contribution in [0.25, 0.3) is 10.9 Å². The van der Waals surface area contributed by atoms with Crippen LogP contribution in [-0.2, 0) is 31.0 Å². The number of benzene rings is 1. The van der Waals surface area contributed by atoms with E-state index in [1.807, 2.05) is 26.8 Å². The SMILES string of the molecule is COc1ccc2c(OC3CC4C(=O)NC5(C(=O)NS(=O)(=O)C6CC6)CC5/C=C\CCCCCC(NC(=O)c5ccn(CC(F)(F)F)n5)C(=O)N4C3)cc(OC(C)C)nc2c1C. The Balaban J connectivity index is 1.22. The molecule has 2 aliphatic carbocycles. The van der Waals surface area contributed by atoms with Crippen molar-refractivity contribution in [3.8, 4) is 17.4 Å². The fourth-order valence-corrected chi connectivity index (χ4v) is 9.35. The third-order valence-electron chi connectivity index (χ3n) is 11.4. The van der Waals surface area contributed by atoms with Gasteiger partial charge in [0.15, 0.2) is 0 Å². The molecular weight excluding hydrogens is 824 g/mol. The van der Waals surface area contributed by atoms with Gasteiger partial charge in [-0.15, -0.1) is 0 Å². The average molecular weight is 874 g/mol. The molecule has 16 nitrogen and oxygen atoms in total. The normalized spacial score (nSPS) is 25.4. The van der Waals surface area contributed by atoms with Crippen LogP contribution >= 0.6 is 0 Å². The summed E-state index contributed by atoms with van der Waals surface area (Å²) in [7, 11) is -2.43. The van der Waals surface area contributed by atoms with Crippen molar-refractivity contribution in [3.63, 3.8) is 0 Å². The number of methoxy groups -OCH3 is 1. The molecule has 1 saturated heterocycles. The zero-order chi connectivity index (χ0) is 43.9. The van der Waals surface area contributed by atoms with E-state index in [1.54, 1.807) is 24.3 Å². The van der Waals surface area contributed by atoms with E-state index in [-0.39, 0.29) is 43.5 Å². The Morgan fingerprint density at radius 1 is 1.08 bits per heavy atom. The fraction of sp³-hybridized carbons (Fsp3) is 0.561. The molecule has 4 heterocycles. The Hall–Kier alpha value is -5.40.